The lowest BCUT2D eigenvalue weighted by Crippen LogP contribution is -2.32. The van der Waals surface area contributed by atoms with Gasteiger partial charge in [0.05, 0.1) is 5.41 Å². The molecular weight excluding hydrogens is 697 g/mol. The van der Waals surface area contributed by atoms with Crippen molar-refractivity contribution < 1.29 is 0 Å². The van der Waals surface area contributed by atoms with Crippen LogP contribution in [0.5, 0.6) is 0 Å². The molecule has 56 heavy (non-hydrogen) atoms. The van der Waals surface area contributed by atoms with Gasteiger partial charge in [-0.3, -0.25) is 0 Å². The predicted octanol–water partition coefficient (Wildman–Crippen LogP) is 14.6. The largest absolute Gasteiger partial charge is 0.310 e. The van der Waals surface area contributed by atoms with Gasteiger partial charge < -0.3 is 9.80 Å². The van der Waals surface area contributed by atoms with Crippen molar-refractivity contribution in [1.29, 1.82) is 0 Å². The molecule has 2 nitrogen and oxygen atoms in total. The molecule has 2 aliphatic rings. The highest BCUT2D eigenvalue weighted by Crippen LogP contribution is 2.64. The van der Waals surface area contributed by atoms with E-state index in [1.807, 2.05) is 11.8 Å². The predicted molar refractivity (Wildman–Crippen MR) is 235 cm³/mol. The molecular formula is C53H36N2S. The summed E-state index contributed by atoms with van der Waals surface area (Å²) < 4.78 is 0. The number of anilines is 6. The standard InChI is InChI=1S/C53H36N2S/c1-5-18-38(19-6-1)54(39-20-7-2-8-21-39)42-30-33-48-46(35-42)45-27-15-16-28-47(45)53(48)49-34-31-43(55(40-22-9-3-10-23-40)41-24-11-4-12-25-41)36-51(49)56-52-44-26-14-13-17-37(44)29-32-50(52)53/h1-36H. The van der Waals surface area contributed by atoms with Crippen molar-refractivity contribution >= 4 is 56.7 Å². The summed E-state index contributed by atoms with van der Waals surface area (Å²) >= 11 is 1.91. The molecule has 264 valence electrons. The van der Waals surface area contributed by atoms with Gasteiger partial charge in [-0.15, -0.1) is 0 Å². The van der Waals surface area contributed by atoms with Crippen LogP contribution in [-0.2, 0) is 5.41 Å². The molecule has 1 spiro atoms. The highest BCUT2D eigenvalue weighted by atomic mass is 32.2. The molecule has 1 heterocycles. The first-order valence-electron chi connectivity index (χ1n) is 19.2. The smallest absolute Gasteiger partial charge is 0.0735 e. The van der Waals surface area contributed by atoms with Gasteiger partial charge in [-0.25, -0.2) is 0 Å². The van der Waals surface area contributed by atoms with E-state index in [1.54, 1.807) is 0 Å². The molecule has 0 fully saturated rings. The third-order valence-corrected chi connectivity index (χ3v) is 12.7. The summed E-state index contributed by atoms with van der Waals surface area (Å²) in [5.41, 5.74) is 14.1. The zero-order valence-electron chi connectivity index (χ0n) is 30.6. The fourth-order valence-corrected chi connectivity index (χ4v) is 10.5. The minimum Gasteiger partial charge on any atom is -0.310 e. The van der Waals surface area contributed by atoms with Crippen LogP contribution < -0.4 is 9.80 Å². The number of nitrogens with zero attached hydrogens (tertiary/aromatic N) is 2. The van der Waals surface area contributed by atoms with E-state index >= 15 is 0 Å². The number of hydrogen-bond acceptors (Lipinski definition) is 3. The van der Waals surface area contributed by atoms with Gasteiger partial charge in [-0.2, -0.15) is 0 Å². The van der Waals surface area contributed by atoms with Crippen LogP contribution in [-0.4, -0.2) is 0 Å². The van der Waals surface area contributed by atoms with Crippen LogP contribution in [0.4, 0.5) is 34.1 Å². The fourth-order valence-electron chi connectivity index (χ4n) is 9.14. The molecule has 11 rings (SSSR count). The van der Waals surface area contributed by atoms with Gasteiger partial charge in [0.15, 0.2) is 0 Å². The Kier molecular flexibility index (Phi) is 7.68. The van der Waals surface area contributed by atoms with Gasteiger partial charge >= 0.3 is 0 Å². The Balaban J connectivity index is 1.18. The minimum atomic E-state index is -0.516. The summed E-state index contributed by atoms with van der Waals surface area (Å²) in [6.45, 7) is 0. The van der Waals surface area contributed by atoms with Crippen LogP contribution in [0.1, 0.15) is 22.3 Å². The first-order valence-corrected chi connectivity index (χ1v) is 20.0. The molecule has 0 bridgehead atoms. The molecule has 0 saturated carbocycles. The van der Waals surface area contributed by atoms with Gasteiger partial charge in [0.1, 0.15) is 0 Å². The lowest BCUT2D eigenvalue weighted by Gasteiger charge is -2.41. The van der Waals surface area contributed by atoms with E-state index in [9.17, 15) is 0 Å². The quantitative estimate of drug-likeness (QED) is 0.168. The average Bonchev–Trinajstić information content (AvgIpc) is 3.55. The Hall–Kier alpha value is -6.81. The fraction of sp³-hybridized carbons (Fsp3) is 0.0189. The maximum Gasteiger partial charge on any atom is 0.0735 e. The average molecular weight is 733 g/mol. The van der Waals surface area contributed by atoms with Gasteiger partial charge in [-0.05, 0) is 117 Å². The maximum absolute atomic E-state index is 2.42. The topological polar surface area (TPSA) is 6.48 Å². The van der Waals surface area contributed by atoms with E-state index in [0.717, 1.165) is 34.1 Å². The van der Waals surface area contributed by atoms with Gasteiger partial charge in [-0.1, -0.05) is 157 Å². The second-order valence-electron chi connectivity index (χ2n) is 14.5. The molecule has 1 aliphatic heterocycles. The first kappa shape index (κ1) is 32.6. The molecule has 0 saturated heterocycles. The van der Waals surface area contributed by atoms with Crippen LogP contribution in [0.15, 0.2) is 228 Å². The van der Waals surface area contributed by atoms with E-state index in [1.165, 1.54) is 53.9 Å². The second-order valence-corrected chi connectivity index (χ2v) is 15.5. The van der Waals surface area contributed by atoms with Crippen LogP contribution in [0.3, 0.4) is 0 Å². The minimum absolute atomic E-state index is 0.516. The SMILES string of the molecule is c1ccc(N(c2ccccc2)c2ccc3c(c2)Sc2c(ccc4ccccc24)C32c3ccccc3-c3cc(N(c4ccccc4)c4ccccc4)ccc32)cc1. The van der Waals surface area contributed by atoms with Crippen molar-refractivity contribution in [2.75, 3.05) is 9.80 Å². The highest BCUT2D eigenvalue weighted by molar-refractivity contribution is 7.99. The Morgan fingerprint density at radius 2 is 0.786 bits per heavy atom. The molecule has 0 N–H and O–H groups in total. The van der Waals surface area contributed by atoms with E-state index in [-0.39, 0.29) is 0 Å². The number of hydrogen-bond donors (Lipinski definition) is 0. The summed E-state index contributed by atoms with van der Waals surface area (Å²) in [5, 5.41) is 2.54. The normalized spacial score (nSPS) is 14.8. The summed E-state index contributed by atoms with van der Waals surface area (Å²) in [6.07, 6.45) is 0. The molecule has 0 aromatic heterocycles. The number of rotatable bonds is 6. The molecule has 9 aromatic rings. The van der Waals surface area contributed by atoms with Crippen molar-refractivity contribution in [1.82, 2.24) is 0 Å². The molecule has 1 atom stereocenters. The van der Waals surface area contributed by atoms with Crippen LogP contribution >= 0.6 is 11.8 Å². The third-order valence-electron chi connectivity index (χ3n) is 11.5. The summed E-state index contributed by atoms with van der Waals surface area (Å²) in [6, 6.07) is 79.8. The highest BCUT2D eigenvalue weighted by Gasteiger charge is 2.50. The van der Waals surface area contributed by atoms with E-state index in [2.05, 4.69) is 228 Å². The van der Waals surface area contributed by atoms with Gasteiger partial charge in [0.25, 0.3) is 0 Å². The molecule has 0 amide bonds. The Morgan fingerprint density at radius 3 is 1.39 bits per heavy atom. The van der Waals surface area contributed by atoms with Crippen LogP contribution in [0, 0.1) is 0 Å². The maximum atomic E-state index is 2.42. The van der Waals surface area contributed by atoms with Crippen molar-refractivity contribution in [3.8, 4) is 11.1 Å². The molecule has 9 aromatic carbocycles. The van der Waals surface area contributed by atoms with Crippen molar-refractivity contribution in [3.05, 3.63) is 241 Å². The third kappa shape index (κ3) is 4.98. The lowest BCUT2D eigenvalue weighted by atomic mass is 9.67. The van der Waals surface area contributed by atoms with Crippen molar-refractivity contribution in [2.24, 2.45) is 0 Å². The van der Waals surface area contributed by atoms with E-state index in [4.69, 9.17) is 0 Å². The van der Waals surface area contributed by atoms with E-state index < -0.39 is 5.41 Å². The van der Waals surface area contributed by atoms with Crippen LogP contribution in [0.25, 0.3) is 21.9 Å². The van der Waals surface area contributed by atoms with Crippen molar-refractivity contribution in [2.45, 2.75) is 15.2 Å². The number of para-hydroxylation sites is 4. The van der Waals surface area contributed by atoms with Gasteiger partial charge in [0, 0.05) is 43.9 Å². The number of fused-ring (bicyclic) bond motifs is 11. The second kappa shape index (κ2) is 13.2. The Bertz CT molecular complexity index is 2810. The first-order chi connectivity index (χ1) is 27.8. The zero-order chi connectivity index (χ0) is 37.1. The summed E-state index contributed by atoms with van der Waals surface area (Å²) in [5.74, 6) is 0. The van der Waals surface area contributed by atoms with E-state index in [0.29, 0.717) is 0 Å². The van der Waals surface area contributed by atoms with Crippen LogP contribution in [0.2, 0.25) is 0 Å². The lowest BCUT2D eigenvalue weighted by molar-refractivity contribution is 0.726. The molecule has 1 unspecified atom stereocenters. The zero-order valence-corrected chi connectivity index (χ0v) is 31.4. The van der Waals surface area contributed by atoms with Gasteiger partial charge in [0.2, 0.25) is 0 Å². The molecule has 1 aliphatic carbocycles. The summed E-state index contributed by atoms with van der Waals surface area (Å²) in [7, 11) is 0. The Labute approximate surface area is 332 Å². The van der Waals surface area contributed by atoms with Crippen molar-refractivity contribution in [3.63, 3.8) is 0 Å². The molecule has 3 heteroatoms. The molecule has 0 radical (unpaired) electrons. The number of benzene rings is 9. The monoisotopic (exact) mass is 732 g/mol. The Morgan fingerprint density at radius 1 is 0.321 bits per heavy atom. The summed E-state index contributed by atoms with van der Waals surface area (Å²) in [4.78, 5) is 7.33.